The maximum atomic E-state index is 12.1. The Kier molecular flexibility index (Phi) is 4.96. The minimum atomic E-state index is -0.0387. The zero-order chi connectivity index (χ0) is 16.2. The lowest BCUT2D eigenvalue weighted by molar-refractivity contribution is -0.116. The summed E-state index contributed by atoms with van der Waals surface area (Å²) in [6, 6.07) is 7.99. The molecule has 0 fully saturated rings. The maximum Gasteiger partial charge on any atom is 0.254 e. The molecule has 0 aliphatic heterocycles. The van der Waals surface area contributed by atoms with E-state index in [1.165, 1.54) is 17.3 Å². The monoisotopic (exact) mass is 328 g/mol. The molecule has 0 saturated heterocycles. The SMILES string of the molecule is Cc1ccc(CC(=O)CSc2nc3c(c(=O)[nH]2)CCCC3)cc1. The largest absolute Gasteiger partial charge is 0.301 e. The van der Waals surface area contributed by atoms with Gasteiger partial charge < -0.3 is 4.98 Å². The predicted octanol–water partition coefficient (Wildman–Crippen LogP) is 2.86. The Labute approximate surface area is 139 Å². The van der Waals surface area contributed by atoms with Gasteiger partial charge in [-0.2, -0.15) is 0 Å². The number of aromatic amines is 1. The highest BCUT2D eigenvalue weighted by atomic mass is 32.2. The zero-order valence-electron chi connectivity index (χ0n) is 13.2. The van der Waals surface area contributed by atoms with Crippen LogP contribution in [0.4, 0.5) is 0 Å². The second kappa shape index (κ2) is 7.13. The van der Waals surface area contributed by atoms with Crippen LogP contribution in [0.15, 0.2) is 34.2 Å². The molecule has 0 amide bonds. The molecule has 1 aromatic carbocycles. The summed E-state index contributed by atoms with van der Waals surface area (Å²) in [6.07, 6.45) is 4.24. The van der Waals surface area contributed by atoms with Crippen molar-refractivity contribution in [2.24, 2.45) is 0 Å². The molecular weight excluding hydrogens is 308 g/mol. The van der Waals surface area contributed by atoms with Crippen LogP contribution in [-0.4, -0.2) is 21.5 Å². The molecule has 0 saturated carbocycles. The van der Waals surface area contributed by atoms with E-state index in [1.54, 1.807) is 0 Å². The summed E-state index contributed by atoms with van der Waals surface area (Å²) in [7, 11) is 0. The van der Waals surface area contributed by atoms with Gasteiger partial charge in [0.15, 0.2) is 5.16 Å². The number of hydrogen-bond acceptors (Lipinski definition) is 4. The first-order chi connectivity index (χ1) is 11.1. The van der Waals surface area contributed by atoms with Gasteiger partial charge in [-0.3, -0.25) is 9.59 Å². The Morgan fingerprint density at radius 2 is 1.96 bits per heavy atom. The molecule has 23 heavy (non-hydrogen) atoms. The summed E-state index contributed by atoms with van der Waals surface area (Å²) in [4.78, 5) is 31.5. The van der Waals surface area contributed by atoms with E-state index in [-0.39, 0.29) is 11.3 Å². The molecule has 1 aliphatic rings. The summed E-state index contributed by atoms with van der Waals surface area (Å²) >= 11 is 1.32. The Balaban J connectivity index is 1.61. The van der Waals surface area contributed by atoms with Gasteiger partial charge in [-0.15, -0.1) is 0 Å². The number of nitrogens with one attached hydrogen (secondary N) is 1. The van der Waals surface area contributed by atoms with E-state index in [0.29, 0.717) is 17.3 Å². The lowest BCUT2D eigenvalue weighted by atomic mass is 9.97. The average molecular weight is 328 g/mol. The standard InChI is InChI=1S/C18H20N2O2S/c1-12-6-8-13(9-7-12)10-14(21)11-23-18-19-16-5-3-2-4-15(16)17(22)20-18/h6-9H,2-5,10-11H2,1H3,(H,19,20,22). The summed E-state index contributed by atoms with van der Waals surface area (Å²) in [5.74, 6) is 0.467. The lowest BCUT2D eigenvalue weighted by Crippen LogP contribution is -2.21. The van der Waals surface area contributed by atoms with Crippen LogP contribution in [-0.2, 0) is 24.1 Å². The molecule has 1 N–H and O–H groups in total. The number of ketones is 1. The molecule has 0 spiro atoms. The smallest absolute Gasteiger partial charge is 0.254 e. The van der Waals surface area contributed by atoms with Crippen LogP contribution in [0.5, 0.6) is 0 Å². The number of thioether (sulfide) groups is 1. The fourth-order valence-electron chi connectivity index (χ4n) is 2.78. The zero-order valence-corrected chi connectivity index (χ0v) is 14.0. The minimum Gasteiger partial charge on any atom is -0.301 e. The lowest BCUT2D eigenvalue weighted by Gasteiger charge is -2.14. The van der Waals surface area contributed by atoms with Crippen molar-refractivity contribution in [3.8, 4) is 0 Å². The molecule has 0 radical (unpaired) electrons. The molecule has 5 heteroatoms. The van der Waals surface area contributed by atoms with Crippen molar-refractivity contribution >= 4 is 17.5 Å². The van der Waals surface area contributed by atoms with E-state index in [1.807, 2.05) is 31.2 Å². The van der Waals surface area contributed by atoms with Crippen molar-refractivity contribution in [1.29, 1.82) is 0 Å². The molecule has 1 heterocycles. The third-order valence-electron chi connectivity index (χ3n) is 4.06. The predicted molar refractivity (Wildman–Crippen MR) is 92.1 cm³/mol. The summed E-state index contributed by atoms with van der Waals surface area (Å²) in [6.45, 7) is 2.03. The number of aromatic nitrogens is 2. The van der Waals surface area contributed by atoms with Crippen molar-refractivity contribution in [2.45, 2.75) is 44.2 Å². The van der Waals surface area contributed by atoms with E-state index < -0.39 is 0 Å². The van der Waals surface area contributed by atoms with Gasteiger partial charge >= 0.3 is 0 Å². The Hall–Kier alpha value is -1.88. The molecule has 120 valence electrons. The van der Waals surface area contributed by atoms with Gasteiger partial charge in [-0.05, 0) is 38.2 Å². The van der Waals surface area contributed by atoms with Crippen LogP contribution < -0.4 is 5.56 Å². The number of aryl methyl sites for hydroxylation is 2. The van der Waals surface area contributed by atoms with Gasteiger partial charge in [0.05, 0.1) is 11.4 Å². The van der Waals surface area contributed by atoms with Crippen LogP contribution in [0.1, 0.15) is 35.2 Å². The highest BCUT2D eigenvalue weighted by Crippen LogP contribution is 2.19. The molecular formula is C18H20N2O2S. The summed E-state index contributed by atoms with van der Waals surface area (Å²) in [5.41, 5.74) is 3.91. The maximum absolute atomic E-state index is 12.1. The number of hydrogen-bond donors (Lipinski definition) is 1. The molecule has 3 rings (SSSR count). The van der Waals surface area contributed by atoms with Crippen LogP contribution in [0.3, 0.4) is 0 Å². The second-order valence-corrected chi connectivity index (χ2v) is 6.96. The first kappa shape index (κ1) is 16.0. The van der Waals surface area contributed by atoms with Crippen LogP contribution in [0, 0.1) is 6.92 Å². The number of benzene rings is 1. The van der Waals surface area contributed by atoms with Crippen molar-refractivity contribution in [1.82, 2.24) is 9.97 Å². The number of rotatable bonds is 5. The Bertz CT molecular complexity index is 766. The molecule has 0 unspecified atom stereocenters. The van der Waals surface area contributed by atoms with E-state index in [2.05, 4.69) is 9.97 Å². The average Bonchev–Trinajstić information content (AvgIpc) is 2.55. The van der Waals surface area contributed by atoms with E-state index in [9.17, 15) is 9.59 Å². The van der Waals surface area contributed by atoms with E-state index in [0.717, 1.165) is 42.5 Å². The van der Waals surface area contributed by atoms with Gasteiger partial charge in [-0.1, -0.05) is 41.6 Å². The molecule has 2 aromatic rings. The van der Waals surface area contributed by atoms with Gasteiger partial charge in [-0.25, -0.2) is 4.98 Å². The number of H-pyrrole nitrogens is 1. The van der Waals surface area contributed by atoms with Crippen molar-refractivity contribution < 1.29 is 4.79 Å². The van der Waals surface area contributed by atoms with Gasteiger partial charge in [0.1, 0.15) is 5.78 Å². The molecule has 0 bridgehead atoms. The molecule has 0 atom stereocenters. The molecule has 4 nitrogen and oxygen atoms in total. The Morgan fingerprint density at radius 3 is 2.74 bits per heavy atom. The van der Waals surface area contributed by atoms with Crippen LogP contribution >= 0.6 is 11.8 Å². The number of nitrogens with zero attached hydrogens (tertiary/aromatic N) is 1. The number of Topliss-reactive ketones (excluding diaryl/α,β-unsaturated/α-hetero) is 1. The topological polar surface area (TPSA) is 62.8 Å². The second-order valence-electron chi connectivity index (χ2n) is 5.99. The normalized spacial score (nSPS) is 13.6. The Morgan fingerprint density at radius 1 is 1.22 bits per heavy atom. The van der Waals surface area contributed by atoms with Crippen molar-refractivity contribution in [3.05, 3.63) is 57.0 Å². The van der Waals surface area contributed by atoms with E-state index in [4.69, 9.17) is 0 Å². The third kappa shape index (κ3) is 4.10. The van der Waals surface area contributed by atoms with Crippen molar-refractivity contribution in [3.63, 3.8) is 0 Å². The molecule has 1 aromatic heterocycles. The van der Waals surface area contributed by atoms with Crippen molar-refractivity contribution in [2.75, 3.05) is 5.75 Å². The third-order valence-corrected chi connectivity index (χ3v) is 4.99. The number of carbonyl (C=O) groups excluding carboxylic acids is 1. The highest BCUT2D eigenvalue weighted by Gasteiger charge is 2.16. The first-order valence-electron chi connectivity index (χ1n) is 7.94. The number of fused-ring (bicyclic) bond motifs is 1. The van der Waals surface area contributed by atoms with Crippen LogP contribution in [0.25, 0.3) is 0 Å². The summed E-state index contributed by atoms with van der Waals surface area (Å²) in [5, 5.41) is 0.563. The fourth-order valence-corrected chi connectivity index (χ4v) is 3.52. The fraction of sp³-hybridized carbons (Fsp3) is 0.389. The first-order valence-corrected chi connectivity index (χ1v) is 8.92. The van der Waals surface area contributed by atoms with Gasteiger partial charge in [0.2, 0.25) is 0 Å². The van der Waals surface area contributed by atoms with Crippen LogP contribution in [0.2, 0.25) is 0 Å². The summed E-state index contributed by atoms with van der Waals surface area (Å²) < 4.78 is 0. The molecule has 1 aliphatic carbocycles. The minimum absolute atomic E-state index is 0.0387. The van der Waals surface area contributed by atoms with Gasteiger partial charge in [0.25, 0.3) is 5.56 Å². The van der Waals surface area contributed by atoms with Gasteiger partial charge in [0, 0.05) is 12.0 Å². The van der Waals surface area contributed by atoms with E-state index >= 15 is 0 Å². The highest BCUT2D eigenvalue weighted by molar-refractivity contribution is 7.99. The number of carbonyl (C=O) groups is 1. The quantitative estimate of drug-likeness (QED) is 0.677.